The molecule has 2 amide bonds. The van der Waals surface area contributed by atoms with Gasteiger partial charge < -0.3 is 24.8 Å². The van der Waals surface area contributed by atoms with Crippen molar-refractivity contribution in [2.24, 2.45) is 5.41 Å². The number of carbonyl (C=O) groups excluding carboxylic acids is 2. The predicted molar refractivity (Wildman–Crippen MR) is 194 cm³/mol. The summed E-state index contributed by atoms with van der Waals surface area (Å²) in [6.45, 7) is 8.64. The minimum absolute atomic E-state index is 0.0706. The maximum Gasteiger partial charge on any atom is 0.317 e. The van der Waals surface area contributed by atoms with Crippen LogP contribution in [0.15, 0.2) is 95.1 Å². The van der Waals surface area contributed by atoms with Crippen LogP contribution in [0.1, 0.15) is 105 Å². The lowest BCUT2D eigenvalue weighted by Gasteiger charge is -2.46. The van der Waals surface area contributed by atoms with E-state index in [9.17, 15) is 19.8 Å². The van der Waals surface area contributed by atoms with Crippen molar-refractivity contribution >= 4 is 22.6 Å². The smallest absolute Gasteiger partial charge is 0.317 e. The first-order chi connectivity index (χ1) is 23.5. The third-order valence-corrected chi connectivity index (χ3v) is 11.1. The van der Waals surface area contributed by atoms with Crippen LogP contribution in [0.5, 0.6) is 0 Å². The minimum Gasteiger partial charge on any atom is -0.461 e. The highest BCUT2D eigenvalue weighted by Gasteiger charge is 2.57. The maximum atomic E-state index is 14.0. The summed E-state index contributed by atoms with van der Waals surface area (Å²) < 4.78 is 5.58. The summed E-state index contributed by atoms with van der Waals surface area (Å²) in [5, 5.41) is 29.2. The first-order valence-corrected chi connectivity index (χ1v) is 17.8. The van der Waals surface area contributed by atoms with E-state index in [0.29, 0.717) is 44.2 Å². The Bertz CT molecular complexity index is 1820. The highest BCUT2D eigenvalue weighted by Crippen LogP contribution is 2.59. The zero-order valence-electron chi connectivity index (χ0n) is 29.2. The van der Waals surface area contributed by atoms with Gasteiger partial charge in [0.05, 0.1) is 24.5 Å². The summed E-state index contributed by atoms with van der Waals surface area (Å²) in [4.78, 5) is 29.7. The van der Waals surface area contributed by atoms with Crippen molar-refractivity contribution in [3.63, 3.8) is 0 Å². The summed E-state index contributed by atoms with van der Waals surface area (Å²) >= 11 is 0. The van der Waals surface area contributed by atoms with Crippen molar-refractivity contribution in [2.75, 3.05) is 6.54 Å². The molecule has 1 aromatic heterocycles. The lowest BCUT2D eigenvalue weighted by Crippen LogP contribution is -2.55. The number of fused-ring (bicyclic) bond motifs is 9. The van der Waals surface area contributed by atoms with Gasteiger partial charge in [-0.3, -0.25) is 4.79 Å². The van der Waals surface area contributed by atoms with E-state index in [-0.39, 0.29) is 36.1 Å². The molecule has 7 heteroatoms. The van der Waals surface area contributed by atoms with E-state index < -0.39 is 17.1 Å². The lowest BCUT2D eigenvalue weighted by molar-refractivity contribution is -0.0780. The zero-order chi connectivity index (χ0) is 34.8. The molecule has 258 valence electrons. The second-order valence-corrected chi connectivity index (χ2v) is 14.9. The molecule has 0 unspecified atom stereocenters. The van der Waals surface area contributed by atoms with Gasteiger partial charge in [-0.15, -0.1) is 0 Å². The normalized spacial score (nSPS) is 24.3. The van der Waals surface area contributed by atoms with Gasteiger partial charge in [0.15, 0.2) is 5.76 Å². The number of aliphatic hydroxyl groups excluding tert-OH is 1. The average Bonchev–Trinajstić information content (AvgIpc) is 3.70. The highest BCUT2D eigenvalue weighted by atomic mass is 16.3. The molecule has 7 nitrogen and oxygen atoms in total. The molecule has 4 atom stereocenters. The molecule has 0 radical (unpaired) electrons. The molecule has 7 rings (SSSR count). The maximum absolute atomic E-state index is 14.0. The van der Waals surface area contributed by atoms with E-state index in [2.05, 4.69) is 49.5 Å². The Morgan fingerprint density at radius 2 is 1.82 bits per heavy atom. The zero-order valence-corrected chi connectivity index (χ0v) is 29.2. The van der Waals surface area contributed by atoms with Crippen LogP contribution in [0.2, 0.25) is 0 Å². The second kappa shape index (κ2) is 14.3. The molecule has 3 aromatic carbocycles. The quantitative estimate of drug-likeness (QED) is 0.136. The summed E-state index contributed by atoms with van der Waals surface area (Å²) in [7, 11) is 0. The van der Waals surface area contributed by atoms with Crippen LogP contribution < -0.4 is 5.32 Å². The van der Waals surface area contributed by atoms with Gasteiger partial charge >= 0.3 is 6.03 Å². The van der Waals surface area contributed by atoms with E-state index in [0.717, 1.165) is 40.3 Å². The van der Waals surface area contributed by atoms with Crippen LogP contribution in [0, 0.1) is 5.41 Å². The average molecular weight is 663 g/mol. The van der Waals surface area contributed by atoms with Gasteiger partial charge in [-0.2, -0.15) is 0 Å². The van der Waals surface area contributed by atoms with Gasteiger partial charge in [-0.25, -0.2) is 4.79 Å². The Labute approximate surface area is 290 Å². The number of nitrogens with one attached hydrogen (secondary N) is 1. The number of carbonyl (C=O) groups is 2. The molecule has 1 fully saturated rings. The number of rotatable bonds is 7. The fourth-order valence-corrected chi connectivity index (χ4v) is 8.23. The number of furan rings is 1. The monoisotopic (exact) mass is 662 g/mol. The third-order valence-electron chi connectivity index (χ3n) is 11.1. The minimum atomic E-state index is -1.24. The SMILES string of the molecule is CC1=CCC[C@@]2(C)[C@@H](CC[C@@]2(O)CN(Cc2cccc3ccccc23)C(=O)NC(C)C)c2ccc(cc2C(=O)c2ccco2)C[C@@H](O)CC1. The van der Waals surface area contributed by atoms with Crippen LogP contribution in [-0.2, 0) is 13.0 Å². The lowest BCUT2D eigenvalue weighted by atomic mass is 9.64. The molecule has 3 aliphatic rings. The molecule has 0 spiro atoms. The van der Waals surface area contributed by atoms with Gasteiger partial charge in [-0.1, -0.05) is 73.2 Å². The van der Waals surface area contributed by atoms with Crippen molar-refractivity contribution in [2.45, 2.75) is 103 Å². The van der Waals surface area contributed by atoms with Crippen LogP contribution in [0.4, 0.5) is 4.79 Å². The number of aliphatic hydroxyl groups is 2. The summed E-state index contributed by atoms with van der Waals surface area (Å²) in [6, 6.07) is 23.4. The Hall–Kier alpha value is -4.20. The Morgan fingerprint density at radius 3 is 2.59 bits per heavy atom. The molecule has 2 bridgehead atoms. The number of urea groups is 1. The van der Waals surface area contributed by atoms with Crippen molar-refractivity contribution < 1.29 is 24.2 Å². The van der Waals surface area contributed by atoms with Gasteiger partial charge in [0, 0.05) is 23.6 Å². The molecular formula is C42H50N2O5. The van der Waals surface area contributed by atoms with Crippen molar-refractivity contribution in [3.05, 3.63) is 119 Å². The second-order valence-electron chi connectivity index (χ2n) is 14.9. The summed E-state index contributed by atoms with van der Waals surface area (Å²) in [5.74, 6) is -0.0966. The van der Waals surface area contributed by atoms with Crippen molar-refractivity contribution in [3.8, 4) is 0 Å². The fourth-order valence-electron chi connectivity index (χ4n) is 8.23. The number of nitrogens with zero attached hydrogens (tertiary/aromatic N) is 1. The molecule has 3 N–H and O–H groups in total. The van der Waals surface area contributed by atoms with Crippen LogP contribution in [0.3, 0.4) is 0 Å². The van der Waals surface area contributed by atoms with Crippen LogP contribution in [-0.4, -0.2) is 51.2 Å². The largest absolute Gasteiger partial charge is 0.461 e. The van der Waals surface area contributed by atoms with Crippen molar-refractivity contribution in [1.29, 1.82) is 0 Å². The molecule has 0 aliphatic heterocycles. The van der Waals surface area contributed by atoms with Gasteiger partial charge in [0.2, 0.25) is 5.78 Å². The number of benzene rings is 3. The van der Waals surface area contributed by atoms with Gasteiger partial charge in [0.1, 0.15) is 0 Å². The molecule has 0 saturated heterocycles. The molecule has 4 aromatic rings. The third kappa shape index (κ3) is 7.24. The number of hydrogen-bond donors (Lipinski definition) is 3. The van der Waals surface area contributed by atoms with Gasteiger partial charge in [-0.05, 0) is 117 Å². The van der Waals surface area contributed by atoms with Gasteiger partial charge in [0.25, 0.3) is 0 Å². The summed E-state index contributed by atoms with van der Waals surface area (Å²) in [5.41, 5.74) is 2.64. The number of hydrogen-bond acceptors (Lipinski definition) is 5. The van der Waals surface area contributed by atoms with E-state index in [1.54, 1.807) is 17.0 Å². The Kier molecular flexibility index (Phi) is 10.1. The number of allylic oxidation sites excluding steroid dienone is 2. The van der Waals surface area contributed by atoms with Crippen LogP contribution >= 0.6 is 0 Å². The van der Waals surface area contributed by atoms with Crippen molar-refractivity contribution in [1.82, 2.24) is 10.2 Å². The Morgan fingerprint density at radius 1 is 1.02 bits per heavy atom. The van der Waals surface area contributed by atoms with E-state index in [1.165, 1.54) is 11.8 Å². The fraction of sp³-hybridized carbons (Fsp3) is 0.429. The molecule has 1 saturated carbocycles. The number of ketones is 1. The predicted octanol–water partition coefficient (Wildman–Crippen LogP) is 8.32. The van der Waals surface area contributed by atoms with E-state index >= 15 is 0 Å². The van der Waals surface area contributed by atoms with Crippen LogP contribution in [0.25, 0.3) is 10.8 Å². The van der Waals surface area contributed by atoms with E-state index in [4.69, 9.17) is 4.42 Å². The first kappa shape index (κ1) is 34.7. The summed E-state index contributed by atoms with van der Waals surface area (Å²) in [6.07, 6.45) is 7.61. The molecule has 3 aliphatic carbocycles. The standard InChI is InChI=1S/C42H50N2O5/c1-28(2)43-40(47)44(26-32-13-7-12-31-11-5-6-14-34(31)32)27-42(48)22-20-37-35-19-17-30(25-36(35)39(46)38-15-9-23-49-38)24-33(45)18-16-29(3)10-8-21-41(37,42)4/h5-7,9-15,17,19,23,25,28,33,37,45,48H,8,16,18,20-22,24,26-27H2,1-4H3,(H,43,47)/t33-,37-,41-,42+/m0/s1. The molecular weight excluding hydrogens is 612 g/mol. The highest BCUT2D eigenvalue weighted by molar-refractivity contribution is 6.08. The molecule has 49 heavy (non-hydrogen) atoms. The topological polar surface area (TPSA) is 103 Å². The Balaban J connectivity index is 1.43. The number of amides is 2. The first-order valence-electron chi connectivity index (χ1n) is 17.8. The van der Waals surface area contributed by atoms with E-state index in [1.807, 2.05) is 50.2 Å². The molecule has 1 heterocycles.